The van der Waals surface area contributed by atoms with E-state index < -0.39 is 17.5 Å². The molecule has 1 saturated carbocycles. The van der Waals surface area contributed by atoms with Crippen LogP contribution < -0.4 is 15.4 Å². The molecule has 28 heavy (non-hydrogen) atoms. The number of para-hydroxylation sites is 1. The van der Waals surface area contributed by atoms with Crippen LogP contribution in [0.5, 0.6) is 11.5 Å². The van der Waals surface area contributed by atoms with Gasteiger partial charge in [-0.25, -0.2) is 4.79 Å². The van der Waals surface area contributed by atoms with Gasteiger partial charge in [0.05, 0.1) is 0 Å². The number of nitrogens with one attached hydrogen (secondary N) is 2. The van der Waals surface area contributed by atoms with Gasteiger partial charge in [0, 0.05) is 5.69 Å². The van der Waals surface area contributed by atoms with Crippen LogP contribution >= 0.6 is 0 Å². The van der Waals surface area contributed by atoms with Crippen LogP contribution in [0.15, 0.2) is 54.6 Å². The molecular formula is C21H21N3O4. The number of hydrogen-bond donors (Lipinski definition) is 2. The van der Waals surface area contributed by atoms with Crippen LogP contribution in [-0.4, -0.2) is 34.8 Å². The molecule has 0 radical (unpaired) electrons. The van der Waals surface area contributed by atoms with E-state index >= 15 is 0 Å². The summed E-state index contributed by atoms with van der Waals surface area (Å²) < 4.78 is 5.71. The van der Waals surface area contributed by atoms with Crippen LogP contribution in [0.4, 0.5) is 10.5 Å². The molecule has 1 unspecified atom stereocenters. The first kappa shape index (κ1) is 18.0. The molecule has 2 N–H and O–H groups in total. The fourth-order valence-electron chi connectivity index (χ4n) is 3.37. The summed E-state index contributed by atoms with van der Waals surface area (Å²) in [4.78, 5) is 38.0. The van der Waals surface area contributed by atoms with Gasteiger partial charge in [-0.05, 0) is 62.1 Å². The summed E-state index contributed by atoms with van der Waals surface area (Å²) in [5.41, 5.74) is -0.323. The fourth-order valence-corrected chi connectivity index (χ4v) is 3.37. The second kappa shape index (κ2) is 6.99. The maximum Gasteiger partial charge on any atom is 0.325 e. The van der Waals surface area contributed by atoms with Crippen LogP contribution in [-0.2, 0) is 9.59 Å². The molecule has 2 aromatic carbocycles. The molecule has 7 heteroatoms. The Bertz CT molecular complexity index is 909. The maximum atomic E-state index is 12.6. The first-order chi connectivity index (χ1) is 13.5. The molecule has 1 heterocycles. The van der Waals surface area contributed by atoms with Crippen molar-refractivity contribution in [3.8, 4) is 11.5 Å². The Labute approximate surface area is 162 Å². The smallest absolute Gasteiger partial charge is 0.325 e. The minimum Gasteiger partial charge on any atom is -0.457 e. The number of urea groups is 1. The zero-order chi connectivity index (χ0) is 19.7. The zero-order valence-corrected chi connectivity index (χ0v) is 15.5. The number of nitrogens with zero attached hydrogens (tertiary/aromatic N) is 1. The molecule has 1 aliphatic heterocycles. The van der Waals surface area contributed by atoms with Crippen molar-refractivity contribution < 1.29 is 19.1 Å². The second-order valence-corrected chi connectivity index (χ2v) is 7.29. The number of carbonyl (C=O) groups is 3. The number of anilines is 1. The molecule has 2 aliphatic rings. The van der Waals surface area contributed by atoms with Crippen LogP contribution in [0.25, 0.3) is 0 Å². The molecule has 1 saturated heterocycles. The van der Waals surface area contributed by atoms with E-state index in [1.165, 1.54) is 0 Å². The van der Waals surface area contributed by atoms with Crippen molar-refractivity contribution in [2.24, 2.45) is 5.92 Å². The summed E-state index contributed by atoms with van der Waals surface area (Å²) in [5, 5.41) is 5.44. The first-order valence-electron chi connectivity index (χ1n) is 9.22. The van der Waals surface area contributed by atoms with E-state index in [-0.39, 0.29) is 18.4 Å². The molecule has 0 aromatic heterocycles. The zero-order valence-electron chi connectivity index (χ0n) is 15.5. The van der Waals surface area contributed by atoms with E-state index in [0.717, 1.165) is 23.5 Å². The van der Waals surface area contributed by atoms with Crippen molar-refractivity contribution in [2.45, 2.75) is 25.3 Å². The van der Waals surface area contributed by atoms with Gasteiger partial charge in [-0.1, -0.05) is 18.2 Å². The van der Waals surface area contributed by atoms with Crippen LogP contribution in [0, 0.1) is 5.92 Å². The number of amides is 4. The highest BCUT2D eigenvalue weighted by Gasteiger charge is 2.56. The number of hydrogen-bond acceptors (Lipinski definition) is 4. The number of rotatable bonds is 6. The molecule has 144 valence electrons. The van der Waals surface area contributed by atoms with Gasteiger partial charge >= 0.3 is 6.03 Å². The number of benzene rings is 2. The predicted molar refractivity (Wildman–Crippen MR) is 103 cm³/mol. The number of carbonyl (C=O) groups excluding carboxylic acids is 3. The van der Waals surface area contributed by atoms with Crippen LogP contribution in [0.1, 0.15) is 19.8 Å². The molecule has 1 atom stereocenters. The highest BCUT2D eigenvalue weighted by Crippen LogP contribution is 2.42. The Balaban J connectivity index is 1.35. The highest BCUT2D eigenvalue weighted by molar-refractivity contribution is 6.10. The number of imide groups is 1. The van der Waals surface area contributed by atoms with Gasteiger partial charge in [0.2, 0.25) is 5.91 Å². The third kappa shape index (κ3) is 3.55. The van der Waals surface area contributed by atoms with Crippen molar-refractivity contribution in [3.05, 3.63) is 54.6 Å². The largest absolute Gasteiger partial charge is 0.457 e. The van der Waals surface area contributed by atoms with E-state index in [2.05, 4.69) is 10.6 Å². The molecule has 2 aromatic rings. The van der Waals surface area contributed by atoms with Gasteiger partial charge in [-0.15, -0.1) is 0 Å². The summed E-state index contributed by atoms with van der Waals surface area (Å²) in [6, 6.07) is 15.7. The minimum absolute atomic E-state index is 0.161. The summed E-state index contributed by atoms with van der Waals surface area (Å²) in [5.74, 6) is 0.756. The van der Waals surface area contributed by atoms with Gasteiger partial charge in [0.1, 0.15) is 23.6 Å². The van der Waals surface area contributed by atoms with Crippen molar-refractivity contribution in [2.75, 3.05) is 11.9 Å². The Morgan fingerprint density at radius 2 is 1.75 bits per heavy atom. The molecule has 0 bridgehead atoms. The summed E-state index contributed by atoms with van der Waals surface area (Å²) in [6.45, 7) is 1.42. The van der Waals surface area contributed by atoms with Gasteiger partial charge in [0.15, 0.2) is 0 Å². The maximum absolute atomic E-state index is 12.6. The molecule has 4 amide bonds. The summed E-state index contributed by atoms with van der Waals surface area (Å²) >= 11 is 0. The van der Waals surface area contributed by atoms with E-state index in [1.54, 1.807) is 31.2 Å². The first-order valence-corrected chi connectivity index (χ1v) is 9.22. The molecule has 0 spiro atoms. The summed E-state index contributed by atoms with van der Waals surface area (Å²) in [6.07, 6.45) is 1.83. The Hall–Kier alpha value is -3.35. The van der Waals surface area contributed by atoms with Crippen molar-refractivity contribution in [1.82, 2.24) is 10.2 Å². The van der Waals surface area contributed by atoms with Gasteiger partial charge in [-0.3, -0.25) is 14.5 Å². The third-order valence-electron chi connectivity index (χ3n) is 5.11. The SMILES string of the molecule is CC1(C2CC2)NC(=O)N(CC(=O)Nc2ccc(Oc3ccccc3)cc2)C1=O. The Morgan fingerprint density at radius 3 is 2.39 bits per heavy atom. The fraction of sp³-hybridized carbons (Fsp3) is 0.286. The van der Waals surface area contributed by atoms with E-state index in [4.69, 9.17) is 4.74 Å². The topological polar surface area (TPSA) is 87.7 Å². The average molecular weight is 379 g/mol. The van der Waals surface area contributed by atoms with E-state index in [9.17, 15) is 14.4 Å². The molecular weight excluding hydrogens is 358 g/mol. The molecule has 7 nitrogen and oxygen atoms in total. The minimum atomic E-state index is -0.881. The van der Waals surface area contributed by atoms with Crippen LogP contribution in [0.3, 0.4) is 0 Å². The van der Waals surface area contributed by atoms with Crippen LogP contribution in [0.2, 0.25) is 0 Å². The van der Waals surface area contributed by atoms with Gasteiger partial charge < -0.3 is 15.4 Å². The second-order valence-electron chi connectivity index (χ2n) is 7.29. The van der Waals surface area contributed by atoms with Crippen molar-refractivity contribution in [3.63, 3.8) is 0 Å². The Morgan fingerprint density at radius 1 is 1.11 bits per heavy atom. The van der Waals surface area contributed by atoms with Crippen molar-refractivity contribution in [1.29, 1.82) is 0 Å². The highest BCUT2D eigenvalue weighted by atomic mass is 16.5. The monoisotopic (exact) mass is 379 g/mol. The lowest BCUT2D eigenvalue weighted by Crippen LogP contribution is -2.46. The number of ether oxygens (including phenoxy) is 1. The lowest BCUT2D eigenvalue weighted by atomic mass is 9.96. The Kier molecular flexibility index (Phi) is 4.50. The molecule has 4 rings (SSSR count). The third-order valence-corrected chi connectivity index (χ3v) is 5.11. The van der Waals surface area contributed by atoms with Gasteiger partial charge in [-0.2, -0.15) is 0 Å². The molecule has 2 fully saturated rings. The van der Waals surface area contributed by atoms with Crippen molar-refractivity contribution >= 4 is 23.5 Å². The standard InChI is InChI=1S/C21H21N3O4/c1-21(14-7-8-14)19(26)24(20(27)23-21)13-18(25)22-15-9-11-17(12-10-15)28-16-5-3-2-4-6-16/h2-6,9-12,14H,7-8,13H2,1H3,(H,22,25)(H,23,27). The quantitative estimate of drug-likeness (QED) is 0.755. The van der Waals surface area contributed by atoms with E-state index in [1.807, 2.05) is 30.3 Å². The lowest BCUT2D eigenvalue weighted by molar-refractivity contribution is -0.134. The predicted octanol–water partition coefficient (Wildman–Crippen LogP) is 3.14. The van der Waals surface area contributed by atoms with E-state index in [0.29, 0.717) is 11.4 Å². The lowest BCUT2D eigenvalue weighted by Gasteiger charge is -2.20. The molecule has 1 aliphatic carbocycles. The van der Waals surface area contributed by atoms with Gasteiger partial charge in [0.25, 0.3) is 5.91 Å². The average Bonchev–Trinajstić information content (AvgIpc) is 3.50. The summed E-state index contributed by atoms with van der Waals surface area (Å²) in [7, 11) is 0. The normalized spacial score (nSPS) is 21.4.